The van der Waals surface area contributed by atoms with Crippen molar-refractivity contribution in [3.8, 4) is 0 Å². The SMILES string of the molecule is Cl.Cl.c1ccc2c(CC3CNCCN3)c[nH]c2c1. The van der Waals surface area contributed by atoms with E-state index < -0.39 is 0 Å². The maximum absolute atomic E-state index is 3.55. The third-order valence-electron chi connectivity index (χ3n) is 3.27. The van der Waals surface area contributed by atoms with Crippen LogP contribution in [-0.4, -0.2) is 30.7 Å². The molecule has 18 heavy (non-hydrogen) atoms. The molecule has 1 atom stereocenters. The molecular weight excluding hydrogens is 269 g/mol. The molecule has 1 fully saturated rings. The van der Waals surface area contributed by atoms with Crippen molar-refractivity contribution >= 4 is 35.7 Å². The minimum Gasteiger partial charge on any atom is -0.361 e. The highest BCUT2D eigenvalue weighted by Gasteiger charge is 2.14. The molecule has 3 N–H and O–H groups in total. The summed E-state index contributed by atoms with van der Waals surface area (Å²) in [7, 11) is 0. The van der Waals surface area contributed by atoms with Crippen LogP contribution in [0.15, 0.2) is 30.5 Å². The van der Waals surface area contributed by atoms with Crippen molar-refractivity contribution in [2.75, 3.05) is 19.6 Å². The molecular formula is C13H19Cl2N3. The van der Waals surface area contributed by atoms with Gasteiger partial charge in [-0.1, -0.05) is 18.2 Å². The van der Waals surface area contributed by atoms with Gasteiger partial charge in [0.1, 0.15) is 0 Å². The third kappa shape index (κ3) is 3.18. The number of H-pyrrole nitrogens is 1. The Bertz CT molecular complexity index is 478. The van der Waals surface area contributed by atoms with E-state index >= 15 is 0 Å². The van der Waals surface area contributed by atoms with E-state index in [1.807, 2.05) is 0 Å². The van der Waals surface area contributed by atoms with Crippen molar-refractivity contribution < 1.29 is 0 Å². The van der Waals surface area contributed by atoms with Crippen LogP contribution in [0.1, 0.15) is 5.56 Å². The lowest BCUT2D eigenvalue weighted by Gasteiger charge is -2.24. The molecule has 1 aromatic heterocycles. The molecule has 1 saturated heterocycles. The van der Waals surface area contributed by atoms with Gasteiger partial charge in [0.25, 0.3) is 0 Å². The van der Waals surface area contributed by atoms with Gasteiger partial charge in [-0.2, -0.15) is 0 Å². The summed E-state index contributed by atoms with van der Waals surface area (Å²) in [5, 5.41) is 8.32. The van der Waals surface area contributed by atoms with Gasteiger partial charge in [-0.3, -0.25) is 0 Å². The summed E-state index contributed by atoms with van der Waals surface area (Å²) >= 11 is 0. The molecule has 0 aliphatic carbocycles. The second-order valence-corrected chi connectivity index (χ2v) is 4.42. The Morgan fingerprint density at radius 2 is 1.94 bits per heavy atom. The van der Waals surface area contributed by atoms with Crippen LogP contribution in [0.5, 0.6) is 0 Å². The maximum Gasteiger partial charge on any atom is 0.0456 e. The van der Waals surface area contributed by atoms with Gasteiger partial charge >= 0.3 is 0 Å². The number of hydrogen-bond acceptors (Lipinski definition) is 2. The van der Waals surface area contributed by atoms with Crippen LogP contribution < -0.4 is 10.6 Å². The molecule has 0 bridgehead atoms. The molecule has 0 spiro atoms. The molecule has 0 amide bonds. The van der Waals surface area contributed by atoms with E-state index in [1.165, 1.54) is 16.5 Å². The average molecular weight is 288 g/mol. The van der Waals surface area contributed by atoms with Crippen molar-refractivity contribution in [1.29, 1.82) is 0 Å². The first kappa shape index (κ1) is 15.3. The fourth-order valence-corrected chi connectivity index (χ4v) is 2.42. The fraction of sp³-hybridized carbons (Fsp3) is 0.385. The zero-order chi connectivity index (χ0) is 10.8. The number of piperazine rings is 1. The number of rotatable bonds is 2. The van der Waals surface area contributed by atoms with Gasteiger partial charge in [0, 0.05) is 42.8 Å². The van der Waals surface area contributed by atoms with E-state index in [2.05, 4.69) is 46.1 Å². The second kappa shape index (κ2) is 7.00. The lowest BCUT2D eigenvalue weighted by molar-refractivity contribution is 0.417. The van der Waals surface area contributed by atoms with Crippen molar-refractivity contribution in [2.45, 2.75) is 12.5 Å². The van der Waals surface area contributed by atoms with Crippen molar-refractivity contribution in [3.05, 3.63) is 36.0 Å². The van der Waals surface area contributed by atoms with Crippen LogP contribution in [0, 0.1) is 0 Å². The van der Waals surface area contributed by atoms with Gasteiger partial charge in [0.05, 0.1) is 0 Å². The lowest BCUT2D eigenvalue weighted by Crippen LogP contribution is -2.49. The number of nitrogens with one attached hydrogen (secondary N) is 3. The Hall–Kier alpha value is -0.740. The van der Waals surface area contributed by atoms with Crippen LogP contribution in [-0.2, 0) is 6.42 Å². The number of hydrogen-bond donors (Lipinski definition) is 3. The molecule has 5 heteroatoms. The second-order valence-electron chi connectivity index (χ2n) is 4.42. The van der Waals surface area contributed by atoms with Crippen molar-refractivity contribution in [1.82, 2.24) is 15.6 Å². The van der Waals surface area contributed by atoms with E-state index in [0.717, 1.165) is 26.1 Å². The zero-order valence-electron chi connectivity index (χ0n) is 10.1. The normalized spacial score (nSPS) is 19.0. The summed E-state index contributed by atoms with van der Waals surface area (Å²) in [4.78, 5) is 3.33. The number of para-hydroxylation sites is 1. The van der Waals surface area contributed by atoms with Gasteiger partial charge in [-0.25, -0.2) is 0 Å². The Labute approximate surface area is 120 Å². The quantitative estimate of drug-likeness (QED) is 0.792. The number of aromatic nitrogens is 1. The van der Waals surface area contributed by atoms with Crippen LogP contribution in [0.25, 0.3) is 10.9 Å². The highest BCUT2D eigenvalue weighted by atomic mass is 35.5. The smallest absolute Gasteiger partial charge is 0.0456 e. The standard InChI is InChI=1S/C13H17N3.2ClH/c1-2-4-13-12(3-1)10(8-16-13)7-11-9-14-5-6-15-11;;/h1-4,8,11,14-16H,5-7,9H2;2*1H. The first-order chi connectivity index (χ1) is 7.93. The van der Waals surface area contributed by atoms with E-state index in [1.54, 1.807) is 0 Å². The summed E-state index contributed by atoms with van der Waals surface area (Å²) in [5.74, 6) is 0. The minimum atomic E-state index is 0. The molecule has 2 heterocycles. The first-order valence-corrected chi connectivity index (χ1v) is 5.92. The lowest BCUT2D eigenvalue weighted by atomic mass is 10.0. The van der Waals surface area contributed by atoms with Gasteiger partial charge < -0.3 is 15.6 Å². The Balaban J connectivity index is 0.000000810. The largest absolute Gasteiger partial charge is 0.361 e. The van der Waals surface area contributed by atoms with Crippen molar-refractivity contribution in [3.63, 3.8) is 0 Å². The Morgan fingerprint density at radius 1 is 1.11 bits per heavy atom. The topological polar surface area (TPSA) is 39.8 Å². The highest BCUT2D eigenvalue weighted by molar-refractivity contribution is 5.85. The first-order valence-electron chi connectivity index (χ1n) is 5.92. The fourth-order valence-electron chi connectivity index (χ4n) is 2.42. The van der Waals surface area contributed by atoms with Crippen LogP contribution in [0.2, 0.25) is 0 Å². The van der Waals surface area contributed by atoms with Gasteiger partial charge in [0.2, 0.25) is 0 Å². The summed E-state index contributed by atoms with van der Waals surface area (Å²) < 4.78 is 0. The molecule has 1 aliphatic heterocycles. The number of aromatic amines is 1. The van der Waals surface area contributed by atoms with Crippen LogP contribution in [0.4, 0.5) is 0 Å². The molecule has 0 radical (unpaired) electrons. The highest BCUT2D eigenvalue weighted by Crippen LogP contribution is 2.19. The molecule has 100 valence electrons. The molecule has 3 rings (SSSR count). The third-order valence-corrected chi connectivity index (χ3v) is 3.27. The Morgan fingerprint density at radius 3 is 2.72 bits per heavy atom. The summed E-state index contributed by atoms with van der Waals surface area (Å²) in [5.41, 5.74) is 2.65. The molecule has 2 aromatic rings. The van der Waals surface area contributed by atoms with Crippen LogP contribution >= 0.6 is 24.8 Å². The van der Waals surface area contributed by atoms with Gasteiger partial charge in [0.15, 0.2) is 0 Å². The van der Waals surface area contributed by atoms with E-state index in [-0.39, 0.29) is 24.8 Å². The van der Waals surface area contributed by atoms with E-state index in [4.69, 9.17) is 0 Å². The number of benzene rings is 1. The van der Waals surface area contributed by atoms with Crippen molar-refractivity contribution in [2.24, 2.45) is 0 Å². The van der Waals surface area contributed by atoms with Gasteiger partial charge in [-0.05, 0) is 18.1 Å². The molecule has 3 nitrogen and oxygen atoms in total. The molecule has 1 unspecified atom stereocenters. The van der Waals surface area contributed by atoms with Gasteiger partial charge in [-0.15, -0.1) is 24.8 Å². The number of fused-ring (bicyclic) bond motifs is 1. The summed E-state index contributed by atoms with van der Waals surface area (Å²) in [6, 6.07) is 9.06. The summed E-state index contributed by atoms with van der Waals surface area (Å²) in [6.07, 6.45) is 3.23. The van der Waals surface area contributed by atoms with Crippen LogP contribution in [0.3, 0.4) is 0 Å². The van der Waals surface area contributed by atoms with E-state index in [9.17, 15) is 0 Å². The maximum atomic E-state index is 3.55. The average Bonchev–Trinajstić information content (AvgIpc) is 2.74. The Kier molecular flexibility index (Phi) is 5.96. The molecule has 1 aromatic carbocycles. The summed E-state index contributed by atoms with van der Waals surface area (Å²) in [6.45, 7) is 3.23. The number of halogens is 2. The minimum absolute atomic E-state index is 0. The monoisotopic (exact) mass is 287 g/mol. The van der Waals surface area contributed by atoms with E-state index in [0.29, 0.717) is 6.04 Å². The predicted octanol–water partition coefficient (Wildman–Crippen LogP) is 2.12. The zero-order valence-corrected chi connectivity index (χ0v) is 11.7. The molecule has 0 saturated carbocycles. The molecule has 1 aliphatic rings. The predicted molar refractivity (Wildman–Crippen MR) is 81.2 cm³/mol.